The molecule has 0 radical (unpaired) electrons. The summed E-state index contributed by atoms with van der Waals surface area (Å²) in [4.78, 5) is 0. The van der Waals surface area contributed by atoms with Gasteiger partial charge >= 0.3 is 0 Å². The molecule has 0 saturated heterocycles. The molecule has 0 saturated carbocycles. The van der Waals surface area contributed by atoms with Crippen molar-refractivity contribution in [3.63, 3.8) is 0 Å². The van der Waals surface area contributed by atoms with Crippen molar-refractivity contribution < 1.29 is 0 Å². The van der Waals surface area contributed by atoms with Crippen molar-refractivity contribution in [1.29, 1.82) is 0 Å². The van der Waals surface area contributed by atoms with E-state index in [1.165, 1.54) is 0 Å². The maximum Gasteiger partial charge on any atom is 0.103 e. The van der Waals surface area contributed by atoms with E-state index in [1.54, 1.807) is 0 Å². The van der Waals surface area contributed by atoms with Crippen molar-refractivity contribution in [3.05, 3.63) is 10.6 Å². The Labute approximate surface area is 60.5 Å². The topological polar surface area (TPSA) is 0 Å². The predicted octanol–water partition coefficient (Wildman–Crippen LogP) is 3.35. The molecule has 2 heteroatoms. The SMILES string of the molecule is CCC(C)C=C(Cl)Cl. The van der Waals surface area contributed by atoms with E-state index < -0.39 is 0 Å². The Bertz CT molecular complexity index is 82.5. The van der Waals surface area contributed by atoms with Gasteiger partial charge in [0.2, 0.25) is 0 Å². The summed E-state index contributed by atoms with van der Waals surface area (Å²) in [6.45, 7) is 4.17. The molecule has 0 aliphatic carbocycles. The molecular formula is C6H10Cl2. The molecule has 48 valence electrons. The van der Waals surface area contributed by atoms with Crippen LogP contribution in [-0.4, -0.2) is 0 Å². The van der Waals surface area contributed by atoms with Gasteiger partial charge in [0.25, 0.3) is 0 Å². The van der Waals surface area contributed by atoms with E-state index >= 15 is 0 Å². The Kier molecular flexibility index (Phi) is 4.39. The fourth-order valence-corrected chi connectivity index (χ4v) is 0.763. The molecule has 0 heterocycles. The van der Waals surface area contributed by atoms with Crippen molar-refractivity contribution in [2.45, 2.75) is 20.3 Å². The highest BCUT2D eigenvalue weighted by molar-refractivity contribution is 6.55. The molecular weight excluding hydrogens is 143 g/mol. The van der Waals surface area contributed by atoms with Crippen molar-refractivity contribution in [3.8, 4) is 0 Å². The Morgan fingerprint density at radius 3 is 2.25 bits per heavy atom. The zero-order valence-electron chi connectivity index (χ0n) is 5.12. The molecule has 0 rings (SSSR count). The van der Waals surface area contributed by atoms with E-state index in [4.69, 9.17) is 23.2 Å². The zero-order chi connectivity index (χ0) is 6.57. The first-order valence-electron chi connectivity index (χ1n) is 2.69. The van der Waals surface area contributed by atoms with Gasteiger partial charge in [-0.05, 0) is 12.3 Å². The van der Waals surface area contributed by atoms with E-state index in [1.807, 2.05) is 6.08 Å². The second-order valence-corrected chi connectivity index (χ2v) is 2.85. The lowest BCUT2D eigenvalue weighted by Crippen LogP contribution is -1.83. The molecule has 0 fully saturated rings. The maximum atomic E-state index is 5.38. The highest BCUT2D eigenvalue weighted by atomic mass is 35.5. The summed E-state index contributed by atoms with van der Waals surface area (Å²) in [5.74, 6) is 0.500. The molecule has 0 nitrogen and oxygen atoms in total. The molecule has 1 unspecified atom stereocenters. The average molecular weight is 153 g/mol. The van der Waals surface area contributed by atoms with Crippen LogP contribution in [0.3, 0.4) is 0 Å². The van der Waals surface area contributed by atoms with Crippen LogP contribution in [0.1, 0.15) is 20.3 Å². The number of halogens is 2. The van der Waals surface area contributed by atoms with Crippen LogP contribution in [0.4, 0.5) is 0 Å². The maximum absolute atomic E-state index is 5.38. The van der Waals surface area contributed by atoms with Crippen LogP contribution in [0.15, 0.2) is 10.6 Å². The molecule has 1 atom stereocenters. The summed E-state index contributed by atoms with van der Waals surface area (Å²) in [6, 6.07) is 0. The lowest BCUT2D eigenvalue weighted by atomic mass is 10.1. The summed E-state index contributed by atoms with van der Waals surface area (Å²) in [7, 11) is 0. The van der Waals surface area contributed by atoms with E-state index in [0.29, 0.717) is 10.4 Å². The molecule has 8 heavy (non-hydrogen) atoms. The molecule has 0 spiro atoms. The number of rotatable bonds is 2. The van der Waals surface area contributed by atoms with Crippen LogP contribution in [-0.2, 0) is 0 Å². The summed E-state index contributed by atoms with van der Waals surface area (Å²) >= 11 is 10.8. The number of hydrogen-bond donors (Lipinski definition) is 0. The fraction of sp³-hybridized carbons (Fsp3) is 0.667. The van der Waals surface area contributed by atoms with Gasteiger partial charge in [-0.15, -0.1) is 0 Å². The van der Waals surface area contributed by atoms with E-state index in [2.05, 4.69) is 13.8 Å². The lowest BCUT2D eigenvalue weighted by Gasteiger charge is -1.97. The second-order valence-electron chi connectivity index (χ2n) is 1.84. The normalized spacial score (nSPS) is 13.0. The van der Waals surface area contributed by atoms with Gasteiger partial charge in [-0.2, -0.15) is 0 Å². The van der Waals surface area contributed by atoms with E-state index in [-0.39, 0.29) is 0 Å². The van der Waals surface area contributed by atoms with Gasteiger partial charge in [0.05, 0.1) is 0 Å². The quantitative estimate of drug-likeness (QED) is 0.570. The molecule has 0 aromatic rings. The van der Waals surface area contributed by atoms with Crippen molar-refractivity contribution in [1.82, 2.24) is 0 Å². The zero-order valence-corrected chi connectivity index (χ0v) is 6.63. The third-order valence-electron chi connectivity index (χ3n) is 1.05. The first-order chi connectivity index (χ1) is 3.66. The highest BCUT2D eigenvalue weighted by Gasteiger charge is 1.92. The molecule has 0 aromatic heterocycles. The molecule has 0 aliphatic rings. The van der Waals surface area contributed by atoms with Crippen LogP contribution < -0.4 is 0 Å². The summed E-state index contributed by atoms with van der Waals surface area (Å²) in [6.07, 6.45) is 2.92. The monoisotopic (exact) mass is 152 g/mol. The van der Waals surface area contributed by atoms with Gasteiger partial charge in [0, 0.05) is 0 Å². The molecule has 0 amide bonds. The van der Waals surface area contributed by atoms with Crippen LogP contribution in [0.25, 0.3) is 0 Å². The van der Waals surface area contributed by atoms with Crippen LogP contribution in [0, 0.1) is 5.92 Å². The van der Waals surface area contributed by atoms with Crippen LogP contribution in [0.2, 0.25) is 0 Å². The van der Waals surface area contributed by atoms with Gasteiger partial charge in [-0.1, -0.05) is 43.1 Å². The highest BCUT2D eigenvalue weighted by Crippen LogP contribution is 2.12. The third kappa shape index (κ3) is 4.48. The third-order valence-corrected chi connectivity index (χ3v) is 1.31. The van der Waals surface area contributed by atoms with Gasteiger partial charge in [0.1, 0.15) is 4.49 Å². The lowest BCUT2D eigenvalue weighted by molar-refractivity contribution is 0.698. The van der Waals surface area contributed by atoms with Crippen LogP contribution >= 0.6 is 23.2 Å². The largest absolute Gasteiger partial charge is 0.103 e. The smallest absolute Gasteiger partial charge is 0.0712 e. The summed E-state index contributed by atoms with van der Waals surface area (Å²) in [5, 5.41) is 0. The predicted molar refractivity (Wildman–Crippen MR) is 39.2 cm³/mol. The minimum Gasteiger partial charge on any atom is -0.0712 e. The standard InChI is InChI=1S/C6H10Cl2/c1-3-5(2)4-6(7)8/h4-5H,3H2,1-2H3. The van der Waals surface area contributed by atoms with Crippen LogP contribution in [0.5, 0.6) is 0 Å². The van der Waals surface area contributed by atoms with Gasteiger partial charge in [0.15, 0.2) is 0 Å². The molecule has 0 aromatic carbocycles. The van der Waals surface area contributed by atoms with Gasteiger partial charge in [-0.25, -0.2) is 0 Å². The number of hydrogen-bond acceptors (Lipinski definition) is 0. The second kappa shape index (κ2) is 4.22. The van der Waals surface area contributed by atoms with Crippen molar-refractivity contribution in [2.24, 2.45) is 5.92 Å². The Hall–Kier alpha value is 0.320. The number of allylic oxidation sites excluding steroid dienone is 1. The van der Waals surface area contributed by atoms with E-state index in [0.717, 1.165) is 6.42 Å². The minimum atomic E-state index is 0.374. The van der Waals surface area contributed by atoms with Gasteiger partial charge in [-0.3, -0.25) is 0 Å². The molecule has 0 aliphatic heterocycles. The minimum absolute atomic E-state index is 0.374. The molecule has 0 N–H and O–H groups in total. The van der Waals surface area contributed by atoms with Crippen molar-refractivity contribution in [2.75, 3.05) is 0 Å². The summed E-state index contributed by atoms with van der Waals surface area (Å²) < 4.78 is 0.374. The Morgan fingerprint density at radius 2 is 2.12 bits per heavy atom. The fourth-order valence-electron chi connectivity index (χ4n) is 0.333. The average Bonchev–Trinajstić information content (AvgIpc) is 1.65. The Morgan fingerprint density at radius 1 is 1.62 bits per heavy atom. The Balaban J connectivity index is 3.51. The first-order valence-corrected chi connectivity index (χ1v) is 3.45. The van der Waals surface area contributed by atoms with Gasteiger partial charge < -0.3 is 0 Å². The first kappa shape index (κ1) is 8.32. The van der Waals surface area contributed by atoms with Crippen molar-refractivity contribution >= 4 is 23.2 Å². The molecule has 0 bridgehead atoms. The van der Waals surface area contributed by atoms with E-state index in [9.17, 15) is 0 Å². The summed E-state index contributed by atoms with van der Waals surface area (Å²) in [5.41, 5.74) is 0.